The van der Waals surface area contributed by atoms with Gasteiger partial charge in [0.05, 0.1) is 47.3 Å². The van der Waals surface area contributed by atoms with Crippen LogP contribution in [0.4, 0.5) is 0 Å². The van der Waals surface area contributed by atoms with Crippen LogP contribution >= 0.6 is 0 Å². The number of ether oxygens (including phenoxy) is 2. The average Bonchev–Trinajstić information content (AvgIpc) is 3.51. The molecule has 2 aromatic heterocycles. The maximum atomic E-state index is 14.2. The van der Waals surface area contributed by atoms with Gasteiger partial charge in [-0.05, 0) is 74.4 Å². The molecule has 5 rings (SSSR count). The van der Waals surface area contributed by atoms with Gasteiger partial charge in [0, 0.05) is 17.3 Å². The van der Waals surface area contributed by atoms with Crippen LogP contribution in [0.3, 0.4) is 0 Å². The van der Waals surface area contributed by atoms with Crippen LogP contribution in [-0.4, -0.2) is 55.4 Å². The number of hydrogen-bond acceptors (Lipinski definition) is 6. The van der Waals surface area contributed by atoms with Crippen LogP contribution in [0.15, 0.2) is 76.3 Å². The highest BCUT2D eigenvalue weighted by Gasteiger charge is 2.32. The van der Waals surface area contributed by atoms with E-state index in [1.54, 1.807) is 56.3 Å². The second-order valence-corrected chi connectivity index (χ2v) is 10.8. The summed E-state index contributed by atoms with van der Waals surface area (Å²) in [5.41, 5.74) is 1.66. The molecule has 238 valence electrons. The molecular weight excluding hydrogens is 592 g/mol. The van der Waals surface area contributed by atoms with Crippen LogP contribution in [0.25, 0.3) is 11.4 Å². The molecule has 12 nitrogen and oxygen atoms in total. The largest absolute Gasteiger partial charge is 0.493 e. The molecule has 0 aliphatic carbocycles. The van der Waals surface area contributed by atoms with Gasteiger partial charge in [0.2, 0.25) is 0 Å². The van der Waals surface area contributed by atoms with Gasteiger partial charge in [0.25, 0.3) is 11.1 Å². The van der Waals surface area contributed by atoms with Gasteiger partial charge in [0.15, 0.2) is 11.5 Å². The van der Waals surface area contributed by atoms with Gasteiger partial charge in [0.1, 0.15) is 0 Å². The van der Waals surface area contributed by atoms with E-state index in [9.17, 15) is 29.4 Å². The third kappa shape index (κ3) is 5.96. The maximum absolute atomic E-state index is 14.2. The third-order valence-electron chi connectivity index (χ3n) is 7.79. The maximum Gasteiger partial charge on any atom is 0.335 e. The second-order valence-electron chi connectivity index (χ2n) is 10.8. The van der Waals surface area contributed by atoms with Gasteiger partial charge in [-0.15, -0.1) is 0 Å². The topological polar surface area (TPSA) is 169 Å². The number of rotatable bonds is 12. The van der Waals surface area contributed by atoms with Crippen molar-refractivity contribution in [1.29, 1.82) is 0 Å². The fourth-order valence-electron chi connectivity index (χ4n) is 5.51. The first-order valence-electron chi connectivity index (χ1n) is 14.7. The third-order valence-corrected chi connectivity index (χ3v) is 7.79. The Hall–Kier alpha value is -5.78. The number of aromatic amines is 2. The summed E-state index contributed by atoms with van der Waals surface area (Å²) >= 11 is 0. The lowest BCUT2D eigenvalue weighted by molar-refractivity contribution is 0.0686. The standard InChI is InChI=1S/C34H34N4O8/c1-5-6-15-46-26-14-13-21(18-27(26)45-4)30(28-19(2)35-37(31(28)39)24-11-7-9-22(16-24)33(41)42)29-20(3)36-38(32(29)40)25-12-8-10-23(17-25)34(43)44/h7-14,16-18,30,35-36H,5-6,15H2,1-4H3,(H,41,42)(H,43,44). The molecule has 0 spiro atoms. The van der Waals surface area contributed by atoms with E-state index in [4.69, 9.17) is 9.47 Å². The number of nitrogens with zero attached hydrogens (tertiary/aromatic N) is 2. The Kier molecular flexibility index (Phi) is 8.99. The molecular formula is C34H34N4O8. The van der Waals surface area contributed by atoms with Crippen molar-refractivity contribution in [3.63, 3.8) is 0 Å². The van der Waals surface area contributed by atoms with Crippen molar-refractivity contribution in [2.45, 2.75) is 39.5 Å². The molecule has 3 aromatic carbocycles. The van der Waals surface area contributed by atoms with Crippen molar-refractivity contribution in [2.24, 2.45) is 0 Å². The molecule has 46 heavy (non-hydrogen) atoms. The monoisotopic (exact) mass is 626 g/mol. The van der Waals surface area contributed by atoms with E-state index in [0.717, 1.165) is 12.8 Å². The average molecular weight is 627 g/mol. The number of nitrogens with one attached hydrogen (secondary N) is 2. The molecule has 0 aliphatic rings. The van der Waals surface area contributed by atoms with Crippen LogP contribution in [0, 0.1) is 13.8 Å². The van der Waals surface area contributed by atoms with E-state index in [0.29, 0.717) is 46.4 Å². The number of carboxylic acid groups (broad SMARTS) is 2. The minimum absolute atomic E-state index is 0.00566. The van der Waals surface area contributed by atoms with Crippen LogP contribution in [0.1, 0.15) is 74.5 Å². The molecule has 0 saturated heterocycles. The second kappa shape index (κ2) is 13.1. The zero-order chi connectivity index (χ0) is 33.1. The minimum Gasteiger partial charge on any atom is -0.493 e. The number of aromatic nitrogens is 4. The number of unbranched alkanes of at least 4 members (excludes halogenated alkanes) is 1. The lowest BCUT2D eigenvalue weighted by Crippen LogP contribution is -2.25. The smallest absolute Gasteiger partial charge is 0.335 e. The molecule has 0 amide bonds. The molecule has 4 N–H and O–H groups in total. The minimum atomic E-state index is -1.14. The Labute approximate surface area is 263 Å². The zero-order valence-corrected chi connectivity index (χ0v) is 25.8. The number of methoxy groups -OCH3 is 1. The molecule has 5 aromatic rings. The molecule has 2 heterocycles. The summed E-state index contributed by atoms with van der Waals surface area (Å²) in [5.74, 6) is -2.26. The SMILES string of the molecule is CCCCOc1ccc(C(c2c(C)[nH]n(-c3cccc(C(=O)O)c3)c2=O)c2c(C)[nH]n(-c3cccc(C(=O)O)c3)c2=O)cc1OC. The summed E-state index contributed by atoms with van der Waals surface area (Å²) in [6.07, 6.45) is 1.80. The van der Waals surface area contributed by atoms with Crippen molar-refractivity contribution < 1.29 is 29.3 Å². The Balaban J connectivity index is 1.74. The molecule has 0 radical (unpaired) electrons. The van der Waals surface area contributed by atoms with Gasteiger partial charge in [-0.3, -0.25) is 19.8 Å². The first kappa shape index (κ1) is 31.6. The van der Waals surface area contributed by atoms with E-state index >= 15 is 0 Å². The first-order valence-corrected chi connectivity index (χ1v) is 14.7. The van der Waals surface area contributed by atoms with E-state index in [1.165, 1.54) is 40.7 Å². The van der Waals surface area contributed by atoms with Crippen LogP contribution in [0.5, 0.6) is 11.5 Å². The molecule has 0 fully saturated rings. The molecule has 0 bridgehead atoms. The van der Waals surface area contributed by atoms with Crippen LogP contribution < -0.4 is 20.6 Å². The van der Waals surface area contributed by atoms with E-state index in [-0.39, 0.29) is 22.3 Å². The Morgan fingerprint density at radius 2 is 1.30 bits per heavy atom. The number of aromatic carboxylic acids is 2. The van der Waals surface area contributed by atoms with Crippen molar-refractivity contribution in [3.05, 3.63) is 127 Å². The molecule has 0 unspecified atom stereocenters. The number of hydrogen-bond donors (Lipinski definition) is 4. The predicted octanol–water partition coefficient (Wildman–Crippen LogP) is 5.03. The van der Waals surface area contributed by atoms with E-state index in [1.807, 2.05) is 0 Å². The van der Waals surface area contributed by atoms with Gasteiger partial charge >= 0.3 is 11.9 Å². The number of H-pyrrole nitrogens is 2. The van der Waals surface area contributed by atoms with Gasteiger partial charge < -0.3 is 19.7 Å². The summed E-state index contributed by atoms with van der Waals surface area (Å²) < 4.78 is 14.1. The lowest BCUT2D eigenvalue weighted by Gasteiger charge is -2.18. The van der Waals surface area contributed by atoms with E-state index < -0.39 is 29.0 Å². The fourth-order valence-corrected chi connectivity index (χ4v) is 5.51. The molecule has 0 saturated carbocycles. The highest BCUT2D eigenvalue weighted by atomic mass is 16.5. The van der Waals surface area contributed by atoms with Crippen molar-refractivity contribution in [3.8, 4) is 22.9 Å². The molecule has 0 aliphatic heterocycles. The summed E-state index contributed by atoms with van der Waals surface area (Å²) in [7, 11) is 1.51. The Bertz CT molecular complexity index is 1930. The van der Waals surface area contributed by atoms with Crippen molar-refractivity contribution >= 4 is 11.9 Å². The fraction of sp³-hybridized carbons (Fsp3) is 0.235. The number of aryl methyl sites for hydroxylation is 2. The zero-order valence-electron chi connectivity index (χ0n) is 25.8. The lowest BCUT2D eigenvalue weighted by atomic mass is 9.85. The van der Waals surface area contributed by atoms with Gasteiger partial charge in [-0.1, -0.05) is 31.5 Å². The molecule has 12 heteroatoms. The number of benzene rings is 3. The number of carboxylic acids is 2. The summed E-state index contributed by atoms with van der Waals surface area (Å²) in [6.45, 7) is 5.96. The highest BCUT2D eigenvalue weighted by molar-refractivity contribution is 5.88. The van der Waals surface area contributed by atoms with Crippen molar-refractivity contribution in [2.75, 3.05) is 13.7 Å². The highest BCUT2D eigenvalue weighted by Crippen LogP contribution is 2.37. The van der Waals surface area contributed by atoms with Crippen LogP contribution in [0.2, 0.25) is 0 Å². The van der Waals surface area contributed by atoms with Gasteiger partial charge in [-0.25, -0.2) is 19.0 Å². The van der Waals surface area contributed by atoms with E-state index in [2.05, 4.69) is 17.1 Å². The first-order chi connectivity index (χ1) is 22.0. The Morgan fingerprint density at radius 1 is 0.783 bits per heavy atom. The van der Waals surface area contributed by atoms with Crippen molar-refractivity contribution in [1.82, 2.24) is 19.6 Å². The number of carbonyl (C=O) groups is 2. The quantitative estimate of drug-likeness (QED) is 0.140. The Morgan fingerprint density at radius 3 is 1.76 bits per heavy atom. The van der Waals surface area contributed by atoms with Crippen LogP contribution in [-0.2, 0) is 0 Å². The molecule has 0 atom stereocenters. The normalized spacial score (nSPS) is 11.2. The summed E-state index contributed by atoms with van der Waals surface area (Å²) in [6, 6.07) is 17.2. The summed E-state index contributed by atoms with van der Waals surface area (Å²) in [5, 5.41) is 25.2. The predicted molar refractivity (Wildman–Crippen MR) is 171 cm³/mol. The van der Waals surface area contributed by atoms with Gasteiger partial charge in [-0.2, -0.15) is 0 Å². The summed E-state index contributed by atoms with van der Waals surface area (Å²) in [4.78, 5) is 51.7.